The molecule has 2 fully saturated rings. The first-order valence-electron chi connectivity index (χ1n) is 10.1. The molecule has 1 aromatic carbocycles. The molecule has 148 valence electrons. The second-order valence-electron chi connectivity index (χ2n) is 7.80. The standard InChI is InChI=1S/C21H30ClN3O2/c22-18-8-6-16(7-9-18)15-25-12-10-19(11-13-25)24-20(26)14-23-21(27)17-4-2-1-3-5-17/h6-9,17,19H,1-5,10-15H2,(H,23,27)(H,24,26). The van der Waals surface area contributed by atoms with Gasteiger partial charge in [-0.2, -0.15) is 0 Å². The number of likely N-dealkylation sites (tertiary alicyclic amines) is 1. The molecule has 1 heterocycles. The summed E-state index contributed by atoms with van der Waals surface area (Å²) in [5.74, 6) is 0.0700. The molecule has 0 bridgehead atoms. The van der Waals surface area contributed by atoms with E-state index in [1.54, 1.807) is 0 Å². The SMILES string of the molecule is O=C(CNC(=O)C1CCCCC1)NC1CCN(Cc2ccc(Cl)cc2)CC1. The van der Waals surface area contributed by atoms with Gasteiger partial charge in [0, 0.05) is 36.6 Å². The lowest BCUT2D eigenvalue weighted by Crippen LogP contribution is -2.47. The van der Waals surface area contributed by atoms with Crippen LogP contribution in [0.5, 0.6) is 0 Å². The topological polar surface area (TPSA) is 61.4 Å². The quantitative estimate of drug-likeness (QED) is 0.783. The molecule has 1 aliphatic carbocycles. The smallest absolute Gasteiger partial charge is 0.239 e. The summed E-state index contributed by atoms with van der Waals surface area (Å²) in [5.41, 5.74) is 1.26. The van der Waals surface area contributed by atoms with E-state index in [-0.39, 0.29) is 30.3 Å². The van der Waals surface area contributed by atoms with Crippen LogP contribution >= 0.6 is 11.6 Å². The van der Waals surface area contributed by atoms with Crippen molar-refractivity contribution in [2.45, 2.75) is 57.5 Å². The molecule has 5 nitrogen and oxygen atoms in total. The van der Waals surface area contributed by atoms with Crippen molar-refractivity contribution in [1.29, 1.82) is 0 Å². The Labute approximate surface area is 166 Å². The molecule has 1 aliphatic heterocycles. The van der Waals surface area contributed by atoms with E-state index in [9.17, 15) is 9.59 Å². The van der Waals surface area contributed by atoms with Crippen LogP contribution in [0.25, 0.3) is 0 Å². The van der Waals surface area contributed by atoms with Gasteiger partial charge in [0.15, 0.2) is 0 Å². The van der Waals surface area contributed by atoms with Gasteiger partial charge >= 0.3 is 0 Å². The second-order valence-corrected chi connectivity index (χ2v) is 8.23. The third-order valence-electron chi connectivity index (χ3n) is 5.67. The van der Waals surface area contributed by atoms with E-state index in [0.29, 0.717) is 0 Å². The highest BCUT2D eigenvalue weighted by Crippen LogP contribution is 2.23. The van der Waals surface area contributed by atoms with Crippen LogP contribution in [-0.2, 0) is 16.1 Å². The summed E-state index contributed by atoms with van der Waals surface area (Å²) in [6, 6.07) is 8.17. The van der Waals surface area contributed by atoms with E-state index in [1.165, 1.54) is 12.0 Å². The fraction of sp³-hybridized carbons (Fsp3) is 0.619. The molecule has 2 N–H and O–H groups in total. The lowest BCUT2D eigenvalue weighted by molar-refractivity contribution is -0.129. The summed E-state index contributed by atoms with van der Waals surface area (Å²) in [4.78, 5) is 26.7. The number of amides is 2. The van der Waals surface area contributed by atoms with E-state index in [4.69, 9.17) is 11.6 Å². The van der Waals surface area contributed by atoms with Crippen molar-refractivity contribution in [3.63, 3.8) is 0 Å². The molecule has 1 saturated heterocycles. The molecule has 2 aliphatic rings. The Morgan fingerprint density at radius 1 is 1.00 bits per heavy atom. The number of rotatable bonds is 6. The molecule has 0 spiro atoms. The third-order valence-corrected chi connectivity index (χ3v) is 5.92. The fourth-order valence-corrected chi connectivity index (χ4v) is 4.16. The number of carbonyl (C=O) groups excluding carboxylic acids is 2. The summed E-state index contributed by atoms with van der Waals surface area (Å²) in [5, 5.41) is 6.65. The number of hydrogen-bond acceptors (Lipinski definition) is 3. The first-order valence-corrected chi connectivity index (χ1v) is 10.5. The van der Waals surface area contributed by atoms with Crippen LogP contribution in [0.15, 0.2) is 24.3 Å². The Morgan fingerprint density at radius 3 is 2.33 bits per heavy atom. The largest absolute Gasteiger partial charge is 0.352 e. The molecular weight excluding hydrogens is 362 g/mol. The van der Waals surface area contributed by atoms with Crippen LogP contribution in [0, 0.1) is 5.92 Å². The molecule has 1 saturated carbocycles. The van der Waals surface area contributed by atoms with E-state index in [2.05, 4.69) is 27.7 Å². The number of piperidine rings is 1. The van der Waals surface area contributed by atoms with Crippen molar-refractivity contribution >= 4 is 23.4 Å². The Balaban J connectivity index is 1.33. The first kappa shape index (κ1) is 20.2. The van der Waals surface area contributed by atoms with Crippen LogP contribution in [0.4, 0.5) is 0 Å². The van der Waals surface area contributed by atoms with Crippen LogP contribution in [0.3, 0.4) is 0 Å². The number of nitrogens with one attached hydrogen (secondary N) is 2. The molecular formula is C21H30ClN3O2. The maximum Gasteiger partial charge on any atom is 0.239 e. The lowest BCUT2D eigenvalue weighted by atomic mass is 9.89. The number of halogens is 1. The monoisotopic (exact) mass is 391 g/mol. The van der Waals surface area contributed by atoms with Gasteiger partial charge in [0.25, 0.3) is 0 Å². The van der Waals surface area contributed by atoms with Gasteiger partial charge in [-0.1, -0.05) is 43.0 Å². The molecule has 3 rings (SSSR count). The van der Waals surface area contributed by atoms with Crippen molar-refractivity contribution in [3.05, 3.63) is 34.9 Å². The first-order chi connectivity index (χ1) is 13.1. The highest BCUT2D eigenvalue weighted by atomic mass is 35.5. The summed E-state index contributed by atoms with van der Waals surface area (Å²) in [6.45, 7) is 2.93. The van der Waals surface area contributed by atoms with Gasteiger partial charge in [0.05, 0.1) is 6.54 Å². The zero-order chi connectivity index (χ0) is 19.1. The zero-order valence-corrected chi connectivity index (χ0v) is 16.6. The molecule has 0 atom stereocenters. The van der Waals surface area contributed by atoms with Crippen molar-refractivity contribution < 1.29 is 9.59 Å². The highest BCUT2D eigenvalue weighted by molar-refractivity contribution is 6.30. The van der Waals surface area contributed by atoms with Crippen molar-refractivity contribution in [2.24, 2.45) is 5.92 Å². The number of nitrogens with zero attached hydrogens (tertiary/aromatic N) is 1. The van der Waals surface area contributed by atoms with E-state index >= 15 is 0 Å². The molecule has 0 radical (unpaired) electrons. The maximum atomic E-state index is 12.2. The normalized spacial score (nSPS) is 19.6. The third kappa shape index (κ3) is 6.51. The Bertz CT molecular complexity index is 621. The Morgan fingerprint density at radius 2 is 1.67 bits per heavy atom. The van der Waals surface area contributed by atoms with Crippen molar-refractivity contribution in [2.75, 3.05) is 19.6 Å². The van der Waals surface area contributed by atoms with Gasteiger partial charge in [-0.15, -0.1) is 0 Å². The van der Waals surface area contributed by atoms with Crippen molar-refractivity contribution in [3.8, 4) is 0 Å². The number of benzene rings is 1. The molecule has 27 heavy (non-hydrogen) atoms. The summed E-state index contributed by atoms with van der Waals surface area (Å²) in [6.07, 6.45) is 7.27. The van der Waals surface area contributed by atoms with Crippen LogP contribution in [0.2, 0.25) is 5.02 Å². The van der Waals surface area contributed by atoms with Gasteiger partial charge in [0.2, 0.25) is 11.8 Å². The fourth-order valence-electron chi connectivity index (χ4n) is 4.04. The minimum Gasteiger partial charge on any atom is -0.352 e. The Hall–Kier alpha value is -1.59. The molecule has 1 aromatic rings. The van der Waals surface area contributed by atoms with Gasteiger partial charge in [-0.3, -0.25) is 14.5 Å². The van der Waals surface area contributed by atoms with Crippen molar-refractivity contribution in [1.82, 2.24) is 15.5 Å². The maximum absolute atomic E-state index is 12.2. The van der Waals surface area contributed by atoms with Gasteiger partial charge in [-0.05, 0) is 43.4 Å². The Kier molecular flexibility index (Phi) is 7.53. The molecule has 0 unspecified atom stereocenters. The van der Waals surface area contributed by atoms with E-state index in [0.717, 1.165) is 63.2 Å². The average Bonchev–Trinajstić information content (AvgIpc) is 2.70. The molecule has 0 aromatic heterocycles. The number of carbonyl (C=O) groups is 2. The molecule has 6 heteroatoms. The van der Waals surface area contributed by atoms with Crippen LogP contribution < -0.4 is 10.6 Å². The van der Waals surface area contributed by atoms with Gasteiger partial charge < -0.3 is 10.6 Å². The minimum absolute atomic E-state index is 0.0441. The van der Waals surface area contributed by atoms with Gasteiger partial charge in [-0.25, -0.2) is 0 Å². The minimum atomic E-state index is -0.0738. The van der Waals surface area contributed by atoms with Crippen LogP contribution in [0.1, 0.15) is 50.5 Å². The van der Waals surface area contributed by atoms with E-state index < -0.39 is 0 Å². The summed E-state index contributed by atoms with van der Waals surface area (Å²) in [7, 11) is 0. The zero-order valence-electron chi connectivity index (χ0n) is 15.9. The molecule has 2 amide bonds. The summed E-state index contributed by atoms with van der Waals surface area (Å²) >= 11 is 5.93. The second kappa shape index (κ2) is 10.1. The summed E-state index contributed by atoms with van der Waals surface area (Å²) < 4.78 is 0. The predicted octanol–water partition coefficient (Wildman–Crippen LogP) is 3.12. The van der Waals surface area contributed by atoms with E-state index in [1.807, 2.05) is 12.1 Å². The lowest BCUT2D eigenvalue weighted by Gasteiger charge is -2.32. The van der Waals surface area contributed by atoms with Gasteiger partial charge in [0.1, 0.15) is 0 Å². The van der Waals surface area contributed by atoms with Crippen LogP contribution in [-0.4, -0.2) is 42.4 Å². The predicted molar refractivity (Wildman–Crippen MR) is 107 cm³/mol. The average molecular weight is 392 g/mol. The number of hydrogen-bond donors (Lipinski definition) is 2. The highest BCUT2D eigenvalue weighted by Gasteiger charge is 2.23.